The molecule has 5 aromatic rings. The fourth-order valence-electron chi connectivity index (χ4n) is 4.72. The van der Waals surface area contributed by atoms with Crippen molar-refractivity contribution in [3.63, 3.8) is 0 Å². The molecule has 1 fully saturated rings. The van der Waals surface area contributed by atoms with Crippen molar-refractivity contribution >= 4 is 11.0 Å². The zero-order valence-corrected chi connectivity index (χ0v) is 20.4. The first-order valence-corrected chi connectivity index (χ1v) is 12.7. The van der Waals surface area contributed by atoms with E-state index < -0.39 is 0 Å². The van der Waals surface area contributed by atoms with Gasteiger partial charge in [-0.05, 0) is 55.6 Å². The van der Waals surface area contributed by atoms with Gasteiger partial charge in [-0.25, -0.2) is 19.9 Å². The summed E-state index contributed by atoms with van der Waals surface area (Å²) in [4.78, 5) is 25.3. The van der Waals surface area contributed by atoms with Gasteiger partial charge in [0, 0.05) is 23.5 Å². The molecule has 0 amide bonds. The third kappa shape index (κ3) is 4.65. The summed E-state index contributed by atoms with van der Waals surface area (Å²) >= 11 is 0. The molecule has 0 spiro atoms. The Morgan fingerprint density at radius 2 is 1.69 bits per heavy atom. The molecule has 1 aliphatic heterocycles. The third-order valence-electron chi connectivity index (χ3n) is 6.68. The number of nitrogens with zero attached hydrogens (tertiary/aromatic N) is 4. The molecule has 8 nitrogen and oxygen atoms in total. The quantitative estimate of drug-likeness (QED) is 0.234. The van der Waals surface area contributed by atoms with Gasteiger partial charge in [0.25, 0.3) is 0 Å². The van der Waals surface area contributed by atoms with E-state index in [0.29, 0.717) is 11.9 Å². The molecule has 6 rings (SSSR count). The van der Waals surface area contributed by atoms with Crippen molar-refractivity contribution in [2.75, 3.05) is 13.1 Å². The van der Waals surface area contributed by atoms with Gasteiger partial charge in [-0.3, -0.25) is 0 Å². The van der Waals surface area contributed by atoms with E-state index in [2.05, 4.69) is 89.9 Å². The molecule has 3 aromatic heterocycles. The highest BCUT2D eigenvalue weighted by Crippen LogP contribution is 2.27. The first-order chi connectivity index (χ1) is 17.8. The van der Waals surface area contributed by atoms with Gasteiger partial charge >= 0.3 is 0 Å². The average Bonchev–Trinajstić information content (AvgIpc) is 3.69. The summed E-state index contributed by atoms with van der Waals surface area (Å²) in [6.07, 6.45) is 8.99. The van der Waals surface area contributed by atoms with Gasteiger partial charge in [0.2, 0.25) is 0 Å². The van der Waals surface area contributed by atoms with Crippen LogP contribution in [-0.2, 0) is 6.54 Å². The van der Waals surface area contributed by atoms with Crippen LogP contribution in [0.4, 0.5) is 0 Å². The Balaban J connectivity index is 1.16. The van der Waals surface area contributed by atoms with E-state index in [9.17, 15) is 0 Å². The first kappa shape index (κ1) is 22.6. The minimum atomic E-state index is 0.316. The van der Waals surface area contributed by atoms with Gasteiger partial charge in [-0.15, -0.1) is 0 Å². The van der Waals surface area contributed by atoms with Gasteiger partial charge in [-0.2, -0.15) is 0 Å². The SMILES string of the molecule is CCCNCc1nc2ccc(-c3ccc(-c4ncc(-c5cnc(C6CCCN6)[nH]5)cn4)cc3)cc2[nH]1. The summed E-state index contributed by atoms with van der Waals surface area (Å²) in [6.45, 7) is 4.95. The Morgan fingerprint density at radius 1 is 0.889 bits per heavy atom. The monoisotopic (exact) mass is 478 g/mol. The van der Waals surface area contributed by atoms with Crippen LogP contribution in [0.1, 0.15) is 43.9 Å². The Morgan fingerprint density at radius 3 is 2.47 bits per heavy atom. The number of hydrogen-bond acceptors (Lipinski definition) is 6. The van der Waals surface area contributed by atoms with Gasteiger partial charge in [0.1, 0.15) is 11.6 Å². The van der Waals surface area contributed by atoms with Crippen LogP contribution in [0.2, 0.25) is 0 Å². The summed E-state index contributed by atoms with van der Waals surface area (Å²) in [6, 6.07) is 15.0. The molecule has 36 heavy (non-hydrogen) atoms. The van der Waals surface area contributed by atoms with Gasteiger partial charge in [0.15, 0.2) is 5.82 Å². The van der Waals surface area contributed by atoms with Crippen molar-refractivity contribution in [1.82, 2.24) is 40.5 Å². The topological polar surface area (TPSA) is 107 Å². The summed E-state index contributed by atoms with van der Waals surface area (Å²) in [5.41, 5.74) is 7.19. The van der Waals surface area contributed by atoms with Crippen LogP contribution in [0.3, 0.4) is 0 Å². The molecule has 4 heterocycles. The number of hydrogen-bond donors (Lipinski definition) is 4. The molecule has 0 aliphatic carbocycles. The number of imidazole rings is 2. The summed E-state index contributed by atoms with van der Waals surface area (Å²) in [7, 11) is 0. The second-order valence-electron chi connectivity index (χ2n) is 9.30. The fraction of sp³-hybridized carbons (Fsp3) is 0.286. The minimum absolute atomic E-state index is 0.316. The number of aromatic amines is 2. The molecule has 1 unspecified atom stereocenters. The third-order valence-corrected chi connectivity index (χ3v) is 6.68. The minimum Gasteiger partial charge on any atom is -0.341 e. The van der Waals surface area contributed by atoms with Crippen molar-refractivity contribution in [3.8, 4) is 33.8 Å². The second-order valence-corrected chi connectivity index (χ2v) is 9.30. The Kier molecular flexibility index (Phi) is 6.27. The highest BCUT2D eigenvalue weighted by Gasteiger charge is 2.19. The Hall–Kier alpha value is -3.88. The molecule has 4 N–H and O–H groups in total. The zero-order valence-electron chi connectivity index (χ0n) is 20.4. The maximum absolute atomic E-state index is 4.68. The fourth-order valence-corrected chi connectivity index (χ4v) is 4.72. The van der Waals surface area contributed by atoms with Crippen molar-refractivity contribution in [3.05, 3.63) is 72.7 Å². The van der Waals surface area contributed by atoms with Gasteiger partial charge in [-0.1, -0.05) is 37.3 Å². The number of nitrogens with one attached hydrogen (secondary N) is 4. The molecule has 0 radical (unpaired) electrons. The molecule has 8 heteroatoms. The van der Waals surface area contributed by atoms with E-state index in [-0.39, 0.29) is 0 Å². The zero-order chi connectivity index (χ0) is 24.3. The van der Waals surface area contributed by atoms with E-state index in [4.69, 9.17) is 0 Å². The van der Waals surface area contributed by atoms with Crippen molar-refractivity contribution in [1.29, 1.82) is 0 Å². The van der Waals surface area contributed by atoms with E-state index >= 15 is 0 Å². The molecule has 1 saturated heterocycles. The maximum Gasteiger partial charge on any atom is 0.159 e. The van der Waals surface area contributed by atoms with Gasteiger partial charge < -0.3 is 20.6 Å². The first-order valence-electron chi connectivity index (χ1n) is 12.7. The standard InChI is InChI=1S/C28H30N8/c1-2-11-29-17-26-34-22-10-9-20(13-24(22)35-26)18-5-7-19(8-6-18)27-31-14-21(15-32-27)25-16-33-28(36-25)23-4-3-12-30-23/h5-10,13-16,23,29-30H,2-4,11-12,17H2,1H3,(H,33,36)(H,34,35). The lowest BCUT2D eigenvalue weighted by Crippen LogP contribution is -2.14. The number of rotatable bonds is 8. The molecule has 182 valence electrons. The van der Waals surface area contributed by atoms with E-state index in [1.54, 1.807) is 0 Å². The number of aromatic nitrogens is 6. The molecule has 1 atom stereocenters. The van der Waals surface area contributed by atoms with Crippen molar-refractivity contribution in [2.45, 2.75) is 38.8 Å². The lowest BCUT2D eigenvalue weighted by molar-refractivity contribution is 0.613. The number of benzene rings is 2. The lowest BCUT2D eigenvalue weighted by Gasteiger charge is -2.06. The van der Waals surface area contributed by atoms with E-state index in [0.717, 1.165) is 83.1 Å². The van der Waals surface area contributed by atoms with Crippen LogP contribution >= 0.6 is 0 Å². The molecule has 1 aliphatic rings. The number of H-pyrrole nitrogens is 2. The molecule has 0 bridgehead atoms. The van der Waals surface area contributed by atoms with Crippen molar-refractivity contribution < 1.29 is 0 Å². The lowest BCUT2D eigenvalue weighted by atomic mass is 10.0. The maximum atomic E-state index is 4.68. The summed E-state index contributed by atoms with van der Waals surface area (Å²) in [5, 5.41) is 6.86. The largest absolute Gasteiger partial charge is 0.341 e. The van der Waals surface area contributed by atoms with Gasteiger partial charge in [0.05, 0.1) is 35.5 Å². The molecule has 0 saturated carbocycles. The Labute approximate surface area is 210 Å². The predicted molar refractivity (Wildman–Crippen MR) is 142 cm³/mol. The van der Waals surface area contributed by atoms with Crippen molar-refractivity contribution in [2.24, 2.45) is 0 Å². The summed E-state index contributed by atoms with van der Waals surface area (Å²) < 4.78 is 0. The number of fused-ring (bicyclic) bond motifs is 1. The highest BCUT2D eigenvalue weighted by molar-refractivity contribution is 5.82. The van der Waals surface area contributed by atoms with E-state index in [1.807, 2.05) is 18.6 Å². The average molecular weight is 479 g/mol. The van der Waals surface area contributed by atoms with Crippen LogP contribution in [0.5, 0.6) is 0 Å². The molecule has 2 aromatic carbocycles. The normalized spacial score (nSPS) is 15.6. The molecular formula is C28H30N8. The van der Waals surface area contributed by atoms with Crippen LogP contribution in [0, 0.1) is 0 Å². The summed E-state index contributed by atoms with van der Waals surface area (Å²) in [5.74, 6) is 2.66. The predicted octanol–water partition coefficient (Wildman–Crippen LogP) is 5.00. The van der Waals surface area contributed by atoms with Crippen LogP contribution < -0.4 is 10.6 Å². The second kappa shape index (κ2) is 10.0. The van der Waals surface area contributed by atoms with Crippen LogP contribution in [-0.4, -0.2) is 43.0 Å². The molecular weight excluding hydrogens is 448 g/mol. The Bertz CT molecular complexity index is 1440. The smallest absolute Gasteiger partial charge is 0.159 e. The van der Waals surface area contributed by atoms with E-state index in [1.165, 1.54) is 6.42 Å². The van der Waals surface area contributed by atoms with Crippen LogP contribution in [0.25, 0.3) is 44.8 Å². The van der Waals surface area contributed by atoms with Crippen LogP contribution in [0.15, 0.2) is 61.1 Å². The highest BCUT2D eigenvalue weighted by atomic mass is 15.0.